The van der Waals surface area contributed by atoms with E-state index in [9.17, 15) is 0 Å². The number of benzene rings is 1. The standard InChI is InChI=1S/C22H25ClN4O2/c23-20-16-19(7-8-21(20)29-17-18-6-1-2-10-24-18)27-14-9-22(25-27)28-15-5-13-26-11-3-4-12-26/h1-2,6-10,14,16H,3-5,11-13,15,17H2. The molecule has 7 heteroatoms. The number of ether oxygens (including phenoxy) is 2. The molecule has 1 saturated heterocycles. The molecule has 0 unspecified atom stereocenters. The largest absolute Gasteiger partial charge is 0.486 e. The molecule has 1 aliphatic heterocycles. The summed E-state index contributed by atoms with van der Waals surface area (Å²) < 4.78 is 13.3. The summed E-state index contributed by atoms with van der Waals surface area (Å²) in [5.74, 6) is 1.24. The summed E-state index contributed by atoms with van der Waals surface area (Å²) in [6.45, 7) is 4.58. The van der Waals surface area contributed by atoms with Gasteiger partial charge in [0.2, 0.25) is 5.88 Å². The number of pyridine rings is 1. The van der Waals surface area contributed by atoms with Crippen molar-refractivity contribution in [2.45, 2.75) is 25.9 Å². The Morgan fingerprint density at radius 1 is 1.03 bits per heavy atom. The highest BCUT2D eigenvalue weighted by atomic mass is 35.5. The number of likely N-dealkylation sites (tertiary alicyclic amines) is 1. The van der Waals surface area contributed by atoms with Crippen molar-refractivity contribution >= 4 is 11.6 Å². The van der Waals surface area contributed by atoms with Crippen LogP contribution in [-0.2, 0) is 6.61 Å². The first kappa shape index (κ1) is 19.7. The first-order valence-electron chi connectivity index (χ1n) is 10.0. The highest BCUT2D eigenvalue weighted by molar-refractivity contribution is 6.32. The molecule has 0 aliphatic carbocycles. The summed E-state index contributed by atoms with van der Waals surface area (Å²) in [6, 6.07) is 13.2. The lowest BCUT2D eigenvalue weighted by Gasteiger charge is -2.13. The molecule has 0 amide bonds. The predicted molar refractivity (Wildman–Crippen MR) is 113 cm³/mol. The second-order valence-electron chi connectivity index (χ2n) is 7.07. The van der Waals surface area contributed by atoms with Gasteiger partial charge >= 0.3 is 0 Å². The Labute approximate surface area is 176 Å². The molecular weight excluding hydrogens is 388 g/mol. The van der Waals surface area contributed by atoms with Crippen LogP contribution in [0.1, 0.15) is 25.0 Å². The van der Waals surface area contributed by atoms with Crippen LogP contribution in [0.2, 0.25) is 5.02 Å². The topological polar surface area (TPSA) is 52.4 Å². The van der Waals surface area contributed by atoms with Crippen molar-refractivity contribution in [3.05, 3.63) is 65.6 Å². The van der Waals surface area contributed by atoms with E-state index < -0.39 is 0 Å². The lowest BCUT2D eigenvalue weighted by Crippen LogP contribution is -2.21. The Bertz CT molecular complexity index is 910. The molecule has 0 spiro atoms. The van der Waals surface area contributed by atoms with Gasteiger partial charge in [-0.25, -0.2) is 4.68 Å². The molecule has 0 atom stereocenters. The number of hydrogen-bond acceptors (Lipinski definition) is 5. The molecule has 4 rings (SSSR count). The fraction of sp³-hybridized carbons (Fsp3) is 0.364. The van der Waals surface area contributed by atoms with E-state index in [0.717, 1.165) is 24.3 Å². The Morgan fingerprint density at radius 2 is 1.93 bits per heavy atom. The van der Waals surface area contributed by atoms with Crippen LogP contribution in [0.25, 0.3) is 5.69 Å². The molecule has 1 fully saturated rings. The average molecular weight is 413 g/mol. The van der Waals surface area contributed by atoms with Crippen molar-refractivity contribution in [2.75, 3.05) is 26.2 Å². The van der Waals surface area contributed by atoms with Gasteiger partial charge in [-0.05, 0) is 62.7 Å². The first-order chi connectivity index (χ1) is 14.3. The van der Waals surface area contributed by atoms with Gasteiger partial charge < -0.3 is 14.4 Å². The average Bonchev–Trinajstić information content (AvgIpc) is 3.43. The van der Waals surface area contributed by atoms with Crippen molar-refractivity contribution in [3.63, 3.8) is 0 Å². The Hall–Kier alpha value is -2.57. The van der Waals surface area contributed by atoms with E-state index in [1.165, 1.54) is 25.9 Å². The highest BCUT2D eigenvalue weighted by Gasteiger charge is 2.11. The van der Waals surface area contributed by atoms with Gasteiger partial charge in [0.1, 0.15) is 12.4 Å². The van der Waals surface area contributed by atoms with E-state index >= 15 is 0 Å². The lowest BCUT2D eigenvalue weighted by molar-refractivity contribution is 0.256. The summed E-state index contributed by atoms with van der Waals surface area (Å²) >= 11 is 6.39. The Balaban J connectivity index is 1.29. The molecule has 0 radical (unpaired) electrons. The van der Waals surface area contributed by atoms with E-state index in [1.807, 2.05) is 48.7 Å². The van der Waals surface area contributed by atoms with Gasteiger partial charge in [-0.1, -0.05) is 17.7 Å². The molecule has 6 nitrogen and oxygen atoms in total. The second kappa shape index (κ2) is 9.76. The van der Waals surface area contributed by atoms with Crippen molar-refractivity contribution in [1.82, 2.24) is 19.7 Å². The SMILES string of the molecule is Clc1cc(-n2ccc(OCCCN3CCCC3)n2)ccc1OCc1ccccn1. The Kier molecular flexibility index (Phi) is 6.64. The molecule has 3 aromatic rings. The van der Waals surface area contributed by atoms with Crippen LogP contribution >= 0.6 is 11.6 Å². The van der Waals surface area contributed by atoms with E-state index in [2.05, 4.69) is 15.0 Å². The predicted octanol–water partition coefficient (Wildman–Crippen LogP) is 4.36. The van der Waals surface area contributed by atoms with E-state index in [4.69, 9.17) is 21.1 Å². The van der Waals surface area contributed by atoms with Crippen molar-refractivity contribution < 1.29 is 9.47 Å². The van der Waals surface area contributed by atoms with Crippen LogP contribution in [0.15, 0.2) is 54.9 Å². The number of rotatable bonds is 9. The minimum atomic E-state index is 0.372. The first-order valence-corrected chi connectivity index (χ1v) is 10.4. The second-order valence-corrected chi connectivity index (χ2v) is 7.48. The number of nitrogens with zero attached hydrogens (tertiary/aromatic N) is 4. The van der Waals surface area contributed by atoms with E-state index in [1.54, 1.807) is 10.9 Å². The fourth-order valence-electron chi connectivity index (χ4n) is 3.38. The molecule has 0 bridgehead atoms. The maximum absolute atomic E-state index is 6.39. The third kappa shape index (κ3) is 5.49. The van der Waals surface area contributed by atoms with Crippen LogP contribution < -0.4 is 9.47 Å². The smallest absolute Gasteiger partial charge is 0.233 e. The van der Waals surface area contributed by atoms with Gasteiger partial charge in [-0.2, -0.15) is 0 Å². The molecule has 29 heavy (non-hydrogen) atoms. The quantitative estimate of drug-likeness (QED) is 0.488. The zero-order valence-corrected chi connectivity index (χ0v) is 17.1. The Morgan fingerprint density at radius 3 is 2.72 bits per heavy atom. The van der Waals surface area contributed by atoms with Crippen molar-refractivity contribution in [3.8, 4) is 17.3 Å². The molecule has 1 aromatic carbocycles. The summed E-state index contributed by atoms with van der Waals surface area (Å²) in [4.78, 5) is 6.73. The maximum atomic E-state index is 6.39. The third-order valence-corrected chi connectivity index (χ3v) is 5.21. The maximum Gasteiger partial charge on any atom is 0.233 e. The minimum Gasteiger partial charge on any atom is -0.486 e. The minimum absolute atomic E-state index is 0.372. The zero-order valence-electron chi connectivity index (χ0n) is 16.3. The van der Waals surface area contributed by atoms with Gasteiger partial charge in [0.05, 0.1) is 23.0 Å². The van der Waals surface area contributed by atoms with Crippen molar-refractivity contribution in [1.29, 1.82) is 0 Å². The van der Waals surface area contributed by atoms with Gasteiger partial charge in [-0.15, -0.1) is 5.10 Å². The van der Waals surface area contributed by atoms with Gasteiger partial charge in [-0.3, -0.25) is 4.98 Å². The normalized spacial score (nSPS) is 14.2. The molecule has 2 aromatic heterocycles. The number of hydrogen-bond donors (Lipinski definition) is 0. The van der Waals surface area contributed by atoms with Crippen LogP contribution in [0.4, 0.5) is 0 Å². The summed E-state index contributed by atoms with van der Waals surface area (Å²) in [5.41, 5.74) is 1.71. The molecule has 152 valence electrons. The summed E-state index contributed by atoms with van der Waals surface area (Å²) in [6.07, 6.45) is 7.27. The molecule has 0 saturated carbocycles. The van der Waals surface area contributed by atoms with Crippen LogP contribution in [0, 0.1) is 0 Å². The molecule has 1 aliphatic rings. The molecule has 0 N–H and O–H groups in total. The van der Waals surface area contributed by atoms with Crippen LogP contribution in [-0.4, -0.2) is 45.9 Å². The summed E-state index contributed by atoms with van der Waals surface area (Å²) in [7, 11) is 0. The monoisotopic (exact) mass is 412 g/mol. The van der Waals surface area contributed by atoms with Crippen LogP contribution in [0.3, 0.4) is 0 Å². The van der Waals surface area contributed by atoms with Gasteiger partial charge in [0.25, 0.3) is 0 Å². The number of halogens is 1. The van der Waals surface area contributed by atoms with E-state index in [-0.39, 0.29) is 0 Å². The van der Waals surface area contributed by atoms with Crippen molar-refractivity contribution in [2.24, 2.45) is 0 Å². The fourth-order valence-corrected chi connectivity index (χ4v) is 3.61. The number of aromatic nitrogens is 3. The van der Waals surface area contributed by atoms with Gasteiger partial charge in [0.15, 0.2) is 0 Å². The molecular formula is C22H25ClN4O2. The van der Waals surface area contributed by atoms with Gasteiger partial charge in [0, 0.05) is 25.0 Å². The highest BCUT2D eigenvalue weighted by Crippen LogP contribution is 2.28. The molecule has 3 heterocycles. The van der Waals surface area contributed by atoms with Crippen LogP contribution in [0.5, 0.6) is 11.6 Å². The van der Waals surface area contributed by atoms with E-state index in [0.29, 0.717) is 29.9 Å². The third-order valence-electron chi connectivity index (χ3n) is 4.91. The lowest BCUT2D eigenvalue weighted by atomic mass is 10.3. The summed E-state index contributed by atoms with van der Waals surface area (Å²) in [5, 5.41) is 5.02. The zero-order chi connectivity index (χ0) is 19.9.